The van der Waals surface area contributed by atoms with Crippen LogP contribution >= 0.6 is 0 Å². The highest BCUT2D eigenvalue weighted by Crippen LogP contribution is 2.24. The second kappa shape index (κ2) is 8.43. The maximum atomic E-state index is 12.1. The lowest BCUT2D eigenvalue weighted by atomic mass is 9.89. The number of Topliss-reactive ketones (excluding diaryl/α,β-unsaturated/α-hetero) is 1. The van der Waals surface area contributed by atoms with E-state index in [1.807, 2.05) is 20.8 Å². The molecule has 1 aliphatic rings. The van der Waals surface area contributed by atoms with Crippen molar-refractivity contribution in [2.45, 2.75) is 58.2 Å². The number of likely N-dealkylation sites (tertiary alicyclic amines) is 1. The van der Waals surface area contributed by atoms with Crippen LogP contribution in [0.1, 0.15) is 56.8 Å². The van der Waals surface area contributed by atoms with Gasteiger partial charge in [-0.15, -0.1) is 0 Å². The van der Waals surface area contributed by atoms with Gasteiger partial charge < -0.3 is 14.7 Å². The molecule has 1 N–H and O–H groups in total. The molecule has 138 valence electrons. The van der Waals surface area contributed by atoms with Gasteiger partial charge in [0.2, 0.25) is 0 Å². The average molecular weight is 348 g/mol. The zero-order valence-electron chi connectivity index (χ0n) is 15.3. The largest absolute Gasteiger partial charge is 0.444 e. The Kier molecular flexibility index (Phi) is 6.53. The van der Waals surface area contributed by atoms with Crippen LogP contribution in [-0.2, 0) is 4.74 Å². The van der Waals surface area contributed by atoms with Crippen molar-refractivity contribution in [1.29, 1.82) is 0 Å². The Morgan fingerprint density at radius 1 is 1.28 bits per heavy atom. The molecule has 1 amide bonds. The third-order valence-corrected chi connectivity index (χ3v) is 4.29. The second-order valence-corrected chi connectivity index (χ2v) is 7.66. The van der Waals surface area contributed by atoms with E-state index in [1.165, 1.54) is 0 Å². The lowest BCUT2D eigenvalue weighted by molar-refractivity contribution is 0.0161. The highest BCUT2D eigenvalue weighted by molar-refractivity contribution is 5.96. The van der Waals surface area contributed by atoms with Gasteiger partial charge in [-0.3, -0.25) is 9.78 Å². The Hall–Kier alpha value is -1.95. The summed E-state index contributed by atoms with van der Waals surface area (Å²) in [6, 6.07) is 3.32. The molecular weight excluding hydrogens is 320 g/mol. The van der Waals surface area contributed by atoms with Crippen LogP contribution in [0.5, 0.6) is 0 Å². The molecule has 25 heavy (non-hydrogen) atoms. The summed E-state index contributed by atoms with van der Waals surface area (Å²) in [6.45, 7) is 6.82. The van der Waals surface area contributed by atoms with Gasteiger partial charge in [-0.1, -0.05) is 0 Å². The van der Waals surface area contributed by atoms with Crippen molar-refractivity contribution < 1.29 is 19.4 Å². The molecule has 1 aliphatic heterocycles. The standard InChI is InChI=1S/C19H28N2O4/c1-19(2,3)25-18(24)21-10-6-14(7-11-21)12-16(22)13-17(23)15-4-8-20-9-5-15/h4-5,8-9,14,16,22H,6-7,10-13H2,1-3H3. The maximum Gasteiger partial charge on any atom is 0.410 e. The molecule has 0 bridgehead atoms. The number of amides is 1. The van der Waals surface area contributed by atoms with Crippen molar-refractivity contribution in [2.75, 3.05) is 13.1 Å². The molecule has 1 fully saturated rings. The number of ketones is 1. The molecule has 0 radical (unpaired) electrons. The van der Waals surface area contributed by atoms with Crippen molar-refractivity contribution in [3.05, 3.63) is 30.1 Å². The van der Waals surface area contributed by atoms with Gasteiger partial charge in [-0.05, 0) is 58.1 Å². The molecule has 6 heteroatoms. The molecule has 0 spiro atoms. The number of nitrogens with zero attached hydrogens (tertiary/aromatic N) is 2. The van der Waals surface area contributed by atoms with Gasteiger partial charge in [0.1, 0.15) is 5.60 Å². The quantitative estimate of drug-likeness (QED) is 0.827. The van der Waals surface area contributed by atoms with E-state index in [0.29, 0.717) is 31.0 Å². The summed E-state index contributed by atoms with van der Waals surface area (Å²) in [7, 11) is 0. The van der Waals surface area contributed by atoms with Crippen LogP contribution in [0.25, 0.3) is 0 Å². The van der Waals surface area contributed by atoms with Gasteiger partial charge in [0, 0.05) is 37.5 Å². The molecule has 1 aromatic heterocycles. The van der Waals surface area contributed by atoms with Crippen LogP contribution in [0, 0.1) is 5.92 Å². The topological polar surface area (TPSA) is 79.7 Å². The normalized spacial score (nSPS) is 17.2. The number of ether oxygens (including phenoxy) is 1. The zero-order valence-corrected chi connectivity index (χ0v) is 15.3. The summed E-state index contributed by atoms with van der Waals surface area (Å²) in [4.78, 5) is 29.8. The number of carbonyl (C=O) groups is 2. The minimum atomic E-state index is -0.654. The Balaban J connectivity index is 1.74. The molecule has 0 saturated carbocycles. The van der Waals surface area contributed by atoms with E-state index in [2.05, 4.69) is 4.98 Å². The van der Waals surface area contributed by atoms with Crippen LogP contribution < -0.4 is 0 Å². The van der Waals surface area contributed by atoms with Gasteiger partial charge in [-0.25, -0.2) is 4.79 Å². The second-order valence-electron chi connectivity index (χ2n) is 7.66. The predicted molar refractivity (Wildman–Crippen MR) is 94.3 cm³/mol. The van der Waals surface area contributed by atoms with Gasteiger partial charge in [-0.2, -0.15) is 0 Å². The van der Waals surface area contributed by atoms with Crippen molar-refractivity contribution in [1.82, 2.24) is 9.88 Å². The first-order chi connectivity index (χ1) is 11.7. The monoisotopic (exact) mass is 348 g/mol. The molecule has 0 aliphatic carbocycles. The summed E-state index contributed by atoms with van der Waals surface area (Å²) in [5.41, 5.74) is 0.0889. The Labute approximate surface area is 149 Å². The van der Waals surface area contributed by atoms with Crippen LogP contribution in [0.3, 0.4) is 0 Å². The Morgan fingerprint density at radius 2 is 1.88 bits per heavy atom. The van der Waals surface area contributed by atoms with Gasteiger partial charge >= 0.3 is 6.09 Å². The van der Waals surface area contributed by atoms with E-state index in [4.69, 9.17) is 4.74 Å². The lowest BCUT2D eigenvalue weighted by Crippen LogP contribution is -2.42. The number of piperidine rings is 1. The highest BCUT2D eigenvalue weighted by Gasteiger charge is 2.28. The Morgan fingerprint density at radius 3 is 2.44 bits per heavy atom. The minimum absolute atomic E-state index is 0.0684. The average Bonchev–Trinajstić information content (AvgIpc) is 2.54. The number of hydrogen-bond donors (Lipinski definition) is 1. The number of aliphatic hydroxyl groups is 1. The third-order valence-electron chi connectivity index (χ3n) is 4.29. The van der Waals surface area contributed by atoms with E-state index in [-0.39, 0.29) is 18.3 Å². The van der Waals surface area contributed by atoms with E-state index in [9.17, 15) is 14.7 Å². The molecule has 0 aromatic carbocycles. The first kappa shape index (κ1) is 19.4. The molecular formula is C19H28N2O4. The third kappa shape index (κ3) is 6.46. The van der Waals surface area contributed by atoms with Crippen LogP contribution in [0.4, 0.5) is 4.79 Å². The number of pyridine rings is 1. The summed E-state index contributed by atoms with van der Waals surface area (Å²) < 4.78 is 5.38. The first-order valence-corrected chi connectivity index (χ1v) is 8.84. The van der Waals surface area contributed by atoms with E-state index < -0.39 is 11.7 Å². The summed E-state index contributed by atoms with van der Waals surface area (Å²) in [5, 5.41) is 10.2. The van der Waals surface area contributed by atoms with Gasteiger partial charge in [0.25, 0.3) is 0 Å². The van der Waals surface area contributed by atoms with Crippen molar-refractivity contribution in [2.24, 2.45) is 5.92 Å². The fourth-order valence-electron chi connectivity index (χ4n) is 3.02. The fourth-order valence-corrected chi connectivity index (χ4v) is 3.02. The number of hydrogen-bond acceptors (Lipinski definition) is 5. The van der Waals surface area contributed by atoms with Crippen LogP contribution in [-0.4, -0.2) is 51.7 Å². The molecule has 1 atom stereocenters. The van der Waals surface area contributed by atoms with Crippen molar-refractivity contribution >= 4 is 11.9 Å². The van der Waals surface area contributed by atoms with Gasteiger partial charge in [0.15, 0.2) is 5.78 Å². The van der Waals surface area contributed by atoms with Crippen molar-refractivity contribution in [3.63, 3.8) is 0 Å². The zero-order chi connectivity index (χ0) is 18.4. The number of aliphatic hydroxyl groups excluding tert-OH is 1. The SMILES string of the molecule is CC(C)(C)OC(=O)N1CCC(CC(O)CC(=O)c2ccncc2)CC1. The molecule has 6 nitrogen and oxygen atoms in total. The summed E-state index contributed by atoms with van der Waals surface area (Å²) in [6.07, 6.45) is 4.56. The molecule has 1 saturated heterocycles. The number of carbonyl (C=O) groups excluding carboxylic acids is 2. The van der Waals surface area contributed by atoms with Crippen LogP contribution in [0.15, 0.2) is 24.5 Å². The van der Waals surface area contributed by atoms with E-state index in [1.54, 1.807) is 29.4 Å². The highest BCUT2D eigenvalue weighted by atomic mass is 16.6. The molecule has 1 aromatic rings. The number of aromatic nitrogens is 1. The summed E-state index contributed by atoms with van der Waals surface area (Å²) in [5.74, 6) is 0.250. The van der Waals surface area contributed by atoms with Crippen LogP contribution in [0.2, 0.25) is 0 Å². The number of rotatable bonds is 5. The minimum Gasteiger partial charge on any atom is -0.444 e. The van der Waals surface area contributed by atoms with E-state index in [0.717, 1.165) is 12.8 Å². The Bertz CT molecular complexity index is 575. The maximum absolute atomic E-state index is 12.1. The van der Waals surface area contributed by atoms with E-state index >= 15 is 0 Å². The smallest absolute Gasteiger partial charge is 0.410 e. The molecule has 1 unspecified atom stereocenters. The molecule has 2 rings (SSSR count). The molecule has 2 heterocycles. The fraction of sp³-hybridized carbons (Fsp3) is 0.632. The lowest BCUT2D eigenvalue weighted by Gasteiger charge is -2.34. The first-order valence-electron chi connectivity index (χ1n) is 8.84. The van der Waals surface area contributed by atoms with Crippen molar-refractivity contribution in [3.8, 4) is 0 Å². The predicted octanol–water partition coefficient (Wildman–Crippen LogP) is 3.05. The summed E-state index contributed by atoms with van der Waals surface area (Å²) >= 11 is 0. The van der Waals surface area contributed by atoms with Gasteiger partial charge in [0.05, 0.1) is 6.10 Å².